The molecule has 0 fully saturated rings. The van der Waals surface area contributed by atoms with Gasteiger partial charge >= 0.3 is 0 Å². The van der Waals surface area contributed by atoms with Gasteiger partial charge in [0.25, 0.3) is 11.1 Å². The third-order valence-corrected chi connectivity index (χ3v) is 6.82. The quantitative estimate of drug-likeness (QED) is 0.467. The van der Waals surface area contributed by atoms with Crippen molar-refractivity contribution in [2.45, 2.75) is 16.4 Å². The number of fused-ring (bicyclic) bond motifs is 1. The largest absolute Gasteiger partial charge is 0.410 e. The Morgan fingerprint density at radius 2 is 2.08 bits per heavy atom. The van der Waals surface area contributed by atoms with Crippen molar-refractivity contribution in [1.82, 2.24) is 29.9 Å². The third kappa shape index (κ3) is 2.93. The highest BCUT2D eigenvalue weighted by Gasteiger charge is 2.29. The maximum atomic E-state index is 5.77. The third-order valence-electron chi connectivity index (χ3n) is 3.91. The number of aromatic nitrogens is 6. The van der Waals surface area contributed by atoms with E-state index in [0.29, 0.717) is 11.1 Å². The molecule has 0 aromatic carbocycles. The lowest BCUT2D eigenvalue weighted by atomic mass is 10.2. The van der Waals surface area contributed by atoms with Crippen LogP contribution >= 0.6 is 34.9 Å². The first-order valence-corrected chi connectivity index (χ1v) is 10.7. The molecule has 130 valence electrons. The van der Waals surface area contributed by atoms with Crippen molar-refractivity contribution >= 4 is 34.9 Å². The Morgan fingerprint density at radius 3 is 2.92 bits per heavy atom. The van der Waals surface area contributed by atoms with Gasteiger partial charge in [0, 0.05) is 29.5 Å². The van der Waals surface area contributed by atoms with Gasteiger partial charge in [-0.05, 0) is 23.6 Å². The molecule has 0 N–H and O–H groups in total. The van der Waals surface area contributed by atoms with E-state index in [9.17, 15) is 0 Å². The predicted molar refractivity (Wildman–Crippen MR) is 101 cm³/mol. The van der Waals surface area contributed by atoms with Crippen molar-refractivity contribution in [2.75, 3.05) is 11.5 Å². The first-order chi connectivity index (χ1) is 12.9. The topological polar surface area (TPSA) is 82.5 Å². The van der Waals surface area contributed by atoms with Crippen molar-refractivity contribution in [3.8, 4) is 22.2 Å². The minimum atomic E-state index is 0.273. The molecule has 0 bridgehead atoms. The zero-order chi connectivity index (χ0) is 17.3. The molecule has 7 nitrogen and oxygen atoms in total. The van der Waals surface area contributed by atoms with Gasteiger partial charge in [0.2, 0.25) is 0 Å². The average molecular weight is 401 g/mol. The lowest BCUT2D eigenvalue weighted by molar-refractivity contribution is 0.465. The fraction of sp³-hybridized carbons (Fsp3) is 0.188. The van der Waals surface area contributed by atoms with Crippen molar-refractivity contribution < 1.29 is 4.42 Å². The minimum Gasteiger partial charge on any atom is -0.410 e. The molecule has 5 rings (SSSR count). The number of nitrogens with zero attached hydrogens (tertiary/aromatic N) is 6. The normalized spacial score (nSPS) is 16.1. The van der Waals surface area contributed by atoms with Crippen LogP contribution in [0.5, 0.6) is 0 Å². The predicted octanol–water partition coefficient (Wildman–Crippen LogP) is 3.89. The van der Waals surface area contributed by atoms with Crippen LogP contribution in [0.25, 0.3) is 22.2 Å². The molecule has 10 heteroatoms. The number of rotatable bonds is 5. The van der Waals surface area contributed by atoms with Gasteiger partial charge in [0.1, 0.15) is 0 Å². The first-order valence-electron chi connectivity index (χ1n) is 7.87. The summed E-state index contributed by atoms with van der Waals surface area (Å²) in [6.07, 6.45) is 3.54. The van der Waals surface area contributed by atoms with E-state index in [1.54, 1.807) is 47.3 Å². The van der Waals surface area contributed by atoms with Gasteiger partial charge in [-0.25, -0.2) is 0 Å². The zero-order valence-electron chi connectivity index (χ0n) is 13.3. The Kier molecular flexibility index (Phi) is 4.23. The highest BCUT2D eigenvalue weighted by molar-refractivity contribution is 8.00. The number of hydrogen-bond donors (Lipinski definition) is 0. The molecule has 0 radical (unpaired) electrons. The lowest BCUT2D eigenvalue weighted by Gasteiger charge is -2.12. The molecular formula is C16H12N6OS3. The molecule has 0 aliphatic carbocycles. The molecular weight excluding hydrogens is 388 g/mol. The van der Waals surface area contributed by atoms with Crippen LogP contribution in [0.15, 0.2) is 56.8 Å². The second kappa shape index (κ2) is 6.86. The van der Waals surface area contributed by atoms with Crippen LogP contribution in [-0.2, 0) is 0 Å². The maximum absolute atomic E-state index is 5.77. The summed E-state index contributed by atoms with van der Waals surface area (Å²) in [7, 11) is 0. The zero-order valence-corrected chi connectivity index (χ0v) is 15.8. The Bertz CT molecular complexity index is 1010. The fourth-order valence-electron chi connectivity index (χ4n) is 2.71. The van der Waals surface area contributed by atoms with E-state index in [1.807, 2.05) is 29.6 Å². The highest BCUT2D eigenvalue weighted by atomic mass is 32.2. The van der Waals surface area contributed by atoms with Crippen LogP contribution in [0.3, 0.4) is 0 Å². The summed E-state index contributed by atoms with van der Waals surface area (Å²) in [6.45, 7) is 0. The maximum Gasteiger partial charge on any atom is 0.276 e. The molecule has 1 unspecified atom stereocenters. The van der Waals surface area contributed by atoms with Crippen molar-refractivity contribution in [2.24, 2.45) is 0 Å². The van der Waals surface area contributed by atoms with Crippen molar-refractivity contribution in [1.29, 1.82) is 0 Å². The lowest BCUT2D eigenvalue weighted by Crippen LogP contribution is -2.11. The summed E-state index contributed by atoms with van der Waals surface area (Å²) in [5.41, 5.74) is 1.02. The molecule has 4 aromatic heterocycles. The average Bonchev–Trinajstić information content (AvgIpc) is 3.45. The van der Waals surface area contributed by atoms with Gasteiger partial charge in [-0.1, -0.05) is 29.6 Å². The van der Waals surface area contributed by atoms with Crippen LogP contribution in [0.2, 0.25) is 0 Å². The minimum absolute atomic E-state index is 0.273. The van der Waals surface area contributed by atoms with Crippen LogP contribution in [0.1, 0.15) is 6.04 Å². The molecule has 0 amide bonds. The molecule has 1 aliphatic heterocycles. The number of hydrogen-bond acceptors (Lipinski definition) is 9. The van der Waals surface area contributed by atoms with E-state index in [1.165, 1.54) is 0 Å². The monoisotopic (exact) mass is 400 g/mol. The van der Waals surface area contributed by atoms with Crippen LogP contribution in [-0.4, -0.2) is 41.5 Å². The Hall–Kier alpha value is -2.17. The van der Waals surface area contributed by atoms with Gasteiger partial charge < -0.3 is 4.42 Å². The Morgan fingerprint density at radius 1 is 1.15 bits per heavy atom. The van der Waals surface area contributed by atoms with E-state index >= 15 is 0 Å². The molecule has 0 saturated heterocycles. The first kappa shape index (κ1) is 16.0. The van der Waals surface area contributed by atoms with E-state index in [4.69, 9.17) is 4.42 Å². The number of pyridine rings is 1. The van der Waals surface area contributed by atoms with E-state index in [2.05, 4.69) is 29.9 Å². The molecule has 4 aromatic rings. The van der Waals surface area contributed by atoms with E-state index in [-0.39, 0.29) is 6.04 Å². The fourth-order valence-corrected chi connectivity index (χ4v) is 5.42. The van der Waals surface area contributed by atoms with Gasteiger partial charge in [0.15, 0.2) is 11.0 Å². The molecule has 26 heavy (non-hydrogen) atoms. The smallest absolute Gasteiger partial charge is 0.276 e. The van der Waals surface area contributed by atoms with Crippen LogP contribution in [0, 0.1) is 0 Å². The van der Waals surface area contributed by atoms with Crippen molar-refractivity contribution in [3.05, 3.63) is 42.0 Å². The summed E-state index contributed by atoms with van der Waals surface area (Å²) >= 11 is 4.88. The SMILES string of the molecule is c1csc(-c2nnc(SCC3CSc4nnc(-c5ccncc5)n43)o2)c1. The van der Waals surface area contributed by atoms with Crippen molar-refractivity contribution in [3.63, 3.8) is 0 Å². The van der Waals surface area contributed by atoms with Gasteiger partial charge in [0.05, 0.1) is 10.9 Å². The second-order valence-corrected chi connectivity index (χ2v) is 8.44. The summed E-state index contributed by atoms with van der Waals surface area (Å²) < 4.78 is 7.97. The summed E-state index contributed by atoms with van der Waals surface area (Å²) in [5, 5.41) is 20.5. The summed E-state index contributed by atoms with van der Waals surface area (Å²) in [5.74, 6) is 3.23. The molecule has 0 saturated carbocycles. The molecule has 5 heterocycles. The molecule has 0 spiro atoms. The van der Waals surface area contributed by atoms with Gasteiger partial charge in [-0.15, -0.1) is 31.7 Å². The van der Waals surface area contributed by atoms with Crippen LogP contribution in [0.4, 0.5) is 0 Å². The van der Waals surface area contributed by atoms with E-state index in [0.717, 1.165) is 32.9 Å². The summed E-state index contributed by atoms with van der Waals surface area (Å²) in [6, 6.07) is 8.13. The number of thioether (sulfide) groups is 2. The highest BCUT2D eigenvalue weighted by Crippen LogP contribution is 2.39. The summed E-state index contributed by atoms with van der Waals surface area (Å²) in [4.78, 5) is 5.06. The molecule has 1 atom stereocenters. The second-order valence-electron chi connectivity index (χ2n) is 5.54. The van der Waals surface area contributed by atoms with E-state index < -0.39 is 0 Å². The number of thiophene rings is 1. The van der Waals surface area contributed by atoms with Gasteiger partial charge in [-0.2, -0.15) is 0 Å². The Labute approximate surface area is 161 Å². The Balaban J connectivity index is 1.34. The molecule has 1 aliphatic rings. The standard InChI is InChI=1S/C16H12N6OS3/c1-2-12(24-7-1)14-19-21-16(23-14)26-9-11-8-25-15-20-18-13(22(11)15)10-3-5-17-6-4-10/h1-7,11H,8-9H2. The van der Waals surface area contributed by atoms with Gasteiger partial charge in [-0.3, -0.25) is 9.55 Å². The van der Waals surface area contributed by atoms with Crippen LogP contribution < -0.4 is 0 Å².